The first-order chi connectivity index (χ1) is 9.11. The summed E-state index contributed by atoms with van der Waals surface area (Å²) < 4.78 is 9.90. The number of ketones is 1. The van der Waals surface area contributed by atoms with E-state index >= 15 is 0 Å². The SMILES string of the molecule is COc1ccc(O)c(/C(O)=C/C(=O)c2ccco2)c1. The van der Waals surface area contributed by atoms with E-state index in [0.717, 1.165) is 6.08 Å². The number of phenols is 1. The molecule has 5 nitrogen and oxygen atoms in total. The minimum atomic E-state index is -0.496. The molecule has 0 unspecified atom stereocenters. The van der Waals surface area contributed by atoms with Crippen LogP contribution in [0, 0.1) is 0 Å². The summed E-state index contributed by atoms with van der Waals surface area (Å²) in [6, 6.07) is 7.39. The van der Waals surface area contributed by atoms with E-state index in [0.29, 0.717) is 5.75 Å². The molecule has 19 heavy (non-hydrogen) atoms. The van der Waals surface area contributed by atoms with Gasteiger partial charge in [0.05, 0.1) is 18.9 Å². The number of aromatic hydroxyl groups is 1. The van der Waals surface area contributed by atoms with Crippen LogP contribution in [-0.2, 0) is 0 Å². The molecule has 0 spiro atoms. The van der Waals surface area contributed by atoms with Gasteiger partial charge < -0.3 is 19.4 Å². The molecule has 98 valence electrons. The van der Waals surface area contributed by atoms with Crippen molar-refractivity contribution in [2.24, 2.45) is 0 Å². The van der Waals surface area contributed by atoms with Gasteiger partial charge >= 0.3 is 0 Å². The first kappa shape index (κ1) is 12.8. The molecule has 1 aromatic heterocycles. The number of aliphatic hydroxyl groups excluding tert-OH is 1. The van der Waals surface area contributed by atoms with Crippen molar-refractivity contribution in [2.45, 2.75) is 0 Å². The summed E-state index contributed by atoms with van der Waals surface area (Å²) in [6.07, 6.45) is 2.34. The molecular formula is C14H12O5. The lowest BCUT2D eigenvalue weighted by Crippen LogP contribution is -1.95. The lowest BCUT2D eigenvalue weighted by Gasteiger charge is -2.06. The van der Waals surface area contributed by atoms with Crippen molar-refractivity contribution >= 4 is 11.5 Å². The van der Waals surface area contributed by atoms with Crippen LogP contribution < -0.4 is 4.74 Å². The highest BCUT2D eigenvalue weighted by molar-refractivity contribution is 6.06. The van der Waals surface area contributed by atoms with Gasteiger partial charge in [0.25, 0.3) is 0 Å². The Balaban J connectivity index is 2.33. The maximum absolute atomic E-state index is 11.7. The number of carbonyl (C=O) groups excluding carboxylic acids is 1. The first-order valence-corrected chi connectivity index (χ1v) is 5.47. The Bertz CT molecular complexity index is 611. The van der Waals surface area contributed by atoms with Gasteiger partial charge in [0, 0.05) is 6.08 Å². The van der Waals surface area contributed by atoms with Crippen LogP contribution in [0.5, 0.6) is 11.5 Å². The molecule has 0 radical (unpaired) electrons. The summed E-state index contributed by atoms with van der Waals surface area (Å²) in [5, 5.41) is 19.5. The average Bonchev–Trinajstić information content (AvgIpc) is 2.93. The summed E-state index contributed by atoms with van der Waals surface area (Å²) in [5.74, 6) is -0.448. The average molecular weight is 260 g/mol. The zero-order valence-corrected chi connectivity index (χ0v) is 10.2. The molecule has 2 N–H and O–H groups in total. The molecule has 0 atom stereocenters. The monoisotopic (exact) mass is 260 g/mol. The third-order valence-electron chi connectivity index (χ3n) is 2.51. The van der Waals surface area contributed by atoms with Crippen molar-refractivity contribution in [3.8, 4) is 11.5 Å². The second-order valence-electron chi connectivity index (χ2n) is 3.75. The standard InChI is InChI=1S/C14H12O5/c1-18-9-4-5-11(15)10(7-9)12(16)8-13(17)14-3-2-6-19-14/h2-8,15-16H,1H3/b12-8-. The van der Waals surface area contributed by atoms with Gasteiger partial charge in [0.2, 0.25) is 5.78 Å². The van der Waals surface area contributed by atoms with E-state index in [2.05, 4.69) is 0 Å². The van der Waals surface area contributed by atoms with Crippen LogP contribution in [0.4, 0.5) is 0 Å². The first-order valence-electron chi connectivity index (χ1n) is 5.47. The quantitative estimate of drug-likeness (QED) is 0.502. The number of furan rings is 1. The summed E-state index contributed by atoms with van der Waals surface area (Å²) >= 11 is 0. The van der Waals surface area contributed by atoms with Crippen molar-refractivity contribution in [3.05, 3.63) is 54.0 Å². The molecule has 0 amide bonds. The van der Waals surface area contributed by atoms with E-state index in [1.54, 1.807) is 12.1 Å². The van der Waals surface area contributed by atoms with Crippen LogP contribution in [-0.4, -0.2) is 23.1 Å². The minimum absolute atomic E-state index is 0.105. The van der Waals surface area contributed by atoms with Gasteiger partial charge in [-0.1, -0.05) is 0 Å². The smallest absolute Gasteiger partial charge is 0.224 e. The fraction of sp³-hybridized carbons (Fsp3) is 0.0714. The molecule has 5 heteroatoms. The molecule has 1 aromatic carbocycles. The molecular weight excluding hydrogens is 248 g/mol. The molecule has 0 fully saturated rings. The van der Waals surface area contributed by atoms with Crippen LogP contribution in [0.2, 0.25) is 0 Å². The summed E-state index contributed by atoms with van der Waals surface area (Å²) in [7, 11) is 1.46. The largest absolute Gasteiger partial charge is 0.507 e. The van der Waals surface area contributed by atoms with Gasteiger partial charge in [-0.05, 0) is 30.3 Å². The maximum Gasteiger partial charge on any atom is 0.224 e. The Morgan fingerprint density at radius 3 is 2.79 bits per heavy atom. The van der Waals surface area contributed by atoms with Crippen molar-refractivity contribution < 1.29 is 24.2 Å². The third-order valence-corrected chi connectivity index (χ3v) is 2.51. The van der Waals surface area contributed by atoms with Crippen molar-refractivity contribution in [1.29, 1.82) is 0 Å². The predicted octanol–water partition coefficient (Wildman–Crippen LogP) is 2.78. The Hall–Kier alpha value is -2.69. The van der Waals surface area contributed by atoms with Gasteiger partial charge in [0.1, 0.15) is 17.3 Å². The number of hydrogen-bond donors (Lipinski definition) is 2. The Morgan fingerprint density at radius 1 is 1.37 bits per heavy atom. The summed E-state index contributed by atoms with van der Waals surface area (Å²) in [5.41, 5.74) is 0.110. The molecule has 0 saturated carbocycles. The minimum Gasteiger partial charge on any atom is -0.507 e. The molecule has 0 aliphatic rings. The fourth-order valence-corrected chi connectivity index (χ4v) is 1.54. The molecule has 1 heterocycles. The number of methoxy groups -OCH3 is 1. The summed E-state index contributed by atoms with van der Waals surface area (Å²) in [4.78, 5) is 11.7. The number of benzene rings is 1. The number of allylic oxidation sites excluding steroid dienone is 1. The van der Waals surface area contributed by atoms with E-state index in [1.165, 1.54) is 31.6 Å². The fourth-order valence-electron chi connectivity index (χ4n) is 1.54. The van der Waals surface area contributed by atoms with Crippen molar-refractivity contribution in [3.63, 3.8) is 0 Å². The topological polar surface area (TPSA) is 79.9 Å². The van der Waals surface area contributed by atoms with Crippen LogP contribution in [0.3, 0.4) is 0 Å². The number of carbonyl (C=O) groups is 1. The Labute approximate surface area is 109 Å². The van der Waals surface area contributed by atoms with Gasteiger partial charge in [-0.3, -0.25) is 4.79 Å². The molecule has 0 aliphatic heterocycles. The number of ether oxygens (including phenoxy) is 1. The van der Waals surface area contributed by atoms with E-state index in [9.17, 15) is 15.0 Å². The van der Waals surface area contributed by atoms with Gasteiger partial charge in [-0.15, -0.1) is 0 Å². The van der Waals surface area contributed by atoms with Gasteiger partial charge in [-0.25, -0.2) is 0 Å². The Kier molecular flexibility index (Phi) is 3.56. The zero-order valence-electron chi connectivity index (χ0n) is 10.2. The van der Waals surface area contributed by atoms with Gasteiger partial charge in [-0.2, -0.15) is 0 Å². The highest BCUT2D eigenvalue weighted by atomic mass is 16.5. The number of aliphatic hydroxyl groups is 1. The highest BCUT2D eigenvalue weighted by Crippen LogP contribution is 2.28. The third kappa shape index (κ3) is 2.77. The predicted molar refractivity (Wildman–Crippen MR) is 68.3 cm³/mol. The second kappa shape index (κ2) is 5.30. The summed E-state index contributed by atoms with van der Waals surface area (Å²) in [6.45, 7) is 0. The molecule has 2 rings (SSSR count). The molecule has 0 saturated heterocycles. The molecule has 0 aliphatic carbocycles. The van der Waals surface area contributed by atoms with Gasteiger partial charge in [0.15, 0.2) is 5.76 Å². The van der Waals surface area contributed by atoms with E-state index < -0.39 is 5.78 Å². The zero-order chi connectivity index (χ0) is 13.8. The Morgan fingerprint density at radius 2 is 2.16 bits per heavy atom. The van der Waals surface area contributed by atoms with Crippen LogP contribution in [0.25, 0.3) is 5.76 Å². The maximum atomic E-state index is 11.7. The number of rotatable bonds is 4. The van der Waals surface area contributed by atoms with Crippen molar-refractivity contribution in [1.82, 2.24) is 0 Å². The van der Waals surface area contributed by atoms with E-state index in [1.807, 2.05) is 0 Å². The van der Waals surface area contributed by atoms with Crippen LogP contribution in [0.1, 0.15) is 16.1 Å². The normalized spacial score (nSPS) is 11.3. The molecule has 2 aromatic rings. The second-order valence-corrected chi connectivity index (χ2v) is 3.75. The van der Waals surface area contributed by atoms with E-state index in [4.69, 9.17) is 9.15 Å². The lowest BCUT2D eigenvalue weighted by molar-refractivity contribution is 0.102. The number of hydrogen-bond acceptors (Lipinski definition) is 5. The highest BCUT2D eigenvalue weighted by Gasteiger charge is 2.12. The van der Waals surface area contributed by atoms with Crippen LogP contribution >= 0.6 is 0 Å². The van der Waals surface area contributed by atoms with Crippen molar-refractivity contribution in [2.75, 3.05) is 7.11 Å². The lowest BCUT2D eigenvalue weighted by atomic mass is 10.1. The molecule has 0 bridgehead atoms. The number of phenolic OH excluding ortho intramolecular Hbond substituents is 1. The van der Waals surface area contributed by atoms with Crippen LogP contribution in [0.15, 0.2) is 47.1 Å². The van der Waals surface area contributed by atoms with E-state index in [-0.39, 0.29) is 22.8 Å².